The Hall–Kier alpha value is -0.870. The third-order valence-electron chi connectivity index (χ3n) is 3.18. The molecule has 0 radical (unpaired) electrons. The lowest BCUT2D eigenvalue weighted by Gasteiger charge is -2.28. The van der Waals surface area contributed by atoms with Crippen LogP contribution in [0.1, 0.15) is 37.5 Å². The van der Waals surface area contributed by atoms with Crippen molar-refractivity contribution in [3.05, 3.63) is 22.4 Å². The van der Waals surface area contributed by atoms with Crippen LogP contribution in [0.5, 0.6) is 0 Å². The molecule has 1 atom stereocenters. The van der Waals surface area contributed by atoms with E-state index in [0.29, 0.717) is 6.04 Å². The molecule has 17 heavy (non-hydrogen) atoms. The lowest BCUT2D eigenvalue weighted by Crippen LogP contribution is -2.42. The first-order valence-corrected chi connectivity index (χ1v) is 7.11. The van der Waals surface area contributed by atoms with Gasteiger partial charge in [-0.15, -0.1) is 11.3 Å². The highest BCUT2D eigenvalue weighted by molar-refractivity contribution is 7.09. The van der Waals surface area contributed by atoms with Gasteiger partial charge in [-0.1, -0.05) is 19.4 Å². The zero-order valence-corrected chi connectivity index (χ0v) is 10.9. The van der Waals surface area contributed by atoms with Gasteiger partial charge in [0.05, 0.1) is 0 Å². The number of carboxylic acids is 1. The molecule has 1 aromatic heterocycles. The van der Waals surface area contributed by atoms with Crippen LogP contribution < -0.4 is 0 Å². The lowest BCUT2D eigenvalue weighted by atomic mass is 10.1. The average Bonchev–Trinajstić information content (AvgIpc) is 3.01. The maximum atomic E-state index is 11.4. The highest BCUT2D eigenvalue weighted by Gasteiger charge is 2.36. The maximum Gasteiger partial charge on any atom is 0.320 e. The fraction of sp³-hybridized carbons (Fsp3) is 0.615. The highest BCUT2D eigenvalue weighted by atomic mass is 32.1. The molecule has 1 heterocycles. The zero-order chi connectivity index (χ0) is 12.3. The number of carbonyl (C=O) groups is 1. The van der Waals surface area contributed by atoms with Crippen molar-refractivity contribution in [3.8, 4) is 0 Å². The normalized spacial score (nSPS) is 17.3. The summed E-state index contributed by atoms with van der Waals surface area (Å²) in [6.45, 7) is 2.84. The summed E-state index contributed by atoms with van der Waals surface area (Å²) in [7, 11) is 0. The summed E-state index contributed by atoms with van der Waals surface area (Å²) in [5.74, 6) is -0.671. The molecule has 1 aromatic rings. The summed E-state index contributed by atoms with van der Waals surface area (Å²) in [5, 5.41) is 11.4. The topological polar surface area (TPSA) is 40.5 Å². The van der Waals surface area contributed by atoms with E-state index >= 15 is 0 Å². The number of hydrogen-bond donors (Lipinski definition) is 1. The van der Waals surface area contributed by atoms with E-state index in [1.54, 1.807) is 11.3 Å². The zero-order valence-electron chi connectivity index (χ0n) is 10.1. The number of carboxylic acid groups (broad SMARTS) is 1. The fourth-order valence-corrected chi connectivity index (χ4v) is 2.90. The maximum absolute atomic E-state index is 11.4. The summed E-state index contributed by atoms with van der Waals surface area (Å²) in [4.78, 5) is 14.8. The quantitative estimate of drug-likeness (QED) is 0.812. The largest absolute Gasteiger partial charge is 0.480 e. The van der Waals surface area contributed by atoms with Gasteiger partial charge < -0.3 is 5.11 Å². The Kier molecular flexibility index (Phi) is 4.18. The van der Waals surface area contributed by atoms with Crippen LogP contribution in [-0.4, -0.2) is 28.1 Å². The Morgan fingerprint density at radius 1 is 1.65 bits per heavy atom. The van der Waals surface area contributed by atoms with Crippen LogP contribution in [0, 0.1) is 0 Å². The van der Waals surface area contributed by atoms with Gasteiger partial charge in [0.2, 0.25) is 0 Å². The predicted molar refractivity (Wildman–Crippen MR) is 69.2 cm³/mol. The molecular formula is C13H19NO2S. The second-order valence-corrected chi connectivity index (χ2v) is 5.66. The third kappa shape index (κ3) is 3.30. The molecule has 0 bridgehead atoms. The molecule has 4 heteroatoms. The van der Waals surface area contributed by atoms with E-state index in [2.05, 4.69) is 16.3 Å². The van der Waals surface area contributed by atoms with Crippen molar-refractivity contribution in [1.82, 2.24) is 4.90 Å². The van der Waals surface area contributed by atoms with E-state index in [-0.39, 0.29) is 6.04 Å². The summed E-state index contributed by atoms with van der Waals surface area (Å²) >= 11 is 1.71. The van der Waals surface area contributed by atoms with E-state index in [9.17, 15) is 9.90 Å². The van der Waals surface area contributed by atoms with Gasteiger partial charge in [0.25, 0.3) is 0 Å². The summed E-state index contributed by atoms with van der Waals surface area (Å²) in [6.07, 6.45) is 3.97. The molecule has 1 fully saturated rings. The van der Waals surface area contributed by atoms with E-state index in [1.165, 1.54) is 4.88 Å². The summed E-state index contributed by atoms with van der Waals surface area (Å²) in [5.41, 5.74) is 0. The molecule has 1 aliphatic carbocycles. The van der Waals surface area contributed by atoms with E-state index < -0.39 is 5.97 Å². The second kappa shape index (κ2) is 5.65. The molecule has 0 aliphatic heterocycles. The summed E-state index contributed by atoms with van der Waals surface area (Å²) in [6, 6.07) is 4.30. The van der Waals surface area contributed by atoms with Crippen molar-refractivity contribution in [2.45, 2.75) is 51.2 Å². The van der Waals surface area contributed by atoms with E-state index in [1.807, 2.05) is 13.0 Å². The van der Waals surface area contributed by atoms with Crippen molar-refractivity contribution in [2.24, 2.45) is 0 Å². The van der Waals surface area contributed by atoms with Gasteiger partial charge in [0, 0.05) is 17.5 Å². The first-order chi connectivity index (χ1) is 8.22. The molecule has 1 N–H and O–H groups in total. The van der Waals surface area contributed by atoms with Gasteiger partial charge in [-0.3, -0.25) is 9.69 Å². The van der Waals surface area contributed by atoms with Gasteiger partial charge in [-0.05, 0) is 30.7 Å². The van der Waals surface area contributed by atoms with Crippen molar-refractivity contribution in [1.29, 1.82) is 0 Å². The predicted octanol–water partition coefficient (Wildman–Crippen LogP) is 2.97. The summed E-state index contributed by atoms with van der Waals surface area (Å²) < 4.78 is 0. The Bertz CT molecular complexity index is 360. The third-order valence-corrected chi connectivity index (χ3v) is 4.04. The molecule has 0 saturated heterocycles. The van der Waals surface area contributed by atoms with Gasteiger partial charge in [-0.2, -0.15) is 0 Å². The molecule has 1 unspecified atom stereocenters. The van der Waals surface area contributed by atoms with Crippen LogP contribution >= 0.6 is 11.3 Å². The number of nitrogens with zero attached hydrogens (tertiary/aromatic N) is 1. The second-order valence-electron chi connectivity index (χ2n) is 4.63. The van der Waals surface area contributed by atoms with Gasteiger partial charge in [0.1, 0.15) is 6.04 Å². The molecular weight excluding hydrogens is 234 g/mol. The van der Waals surface area contributed by atoms with Crippen LogP contribution in [-0.2, 0) is 11.3 Å². The van der Waals surface area contributed by atoms with Crippen molar-refractivity contribution in [2.75, 3.05) is 0 Å². The Morgan fingerprint density at radius 2 is 2.41 bits per heavy atom. The first kappa shape index (κ1) is 12.6. The average molecular weight is 253 g/mol. The van der Waals surface area contributed by atoms with Gasteiger partial charge in [0.15, 0.2) is 0 Å². The van der Waals surface area contributed by atoms with Crippen molar-refractivity contribution in [3.63, 3.8) is 0 Å². The van der Waals surface area contributed by atoms with Gasteiger partial charge >= 0.3 is 5.97 Å². The van der Waals surface area contributed by atoms with E-state index in [4.69, 9.17) is 0 Å². The van der Waals surface area contributed by atoms with Crippen LogP contribution in [0.25, 0.3) is 0 Å². The van der Waals surface area contributed by atoms with E-state index in [0.717, 1.165) is 32.2 Å². The van der Waals surface area contributed by atoms with Crippen LogP contribution in [0.2, 0.25) is 0 Å². The molecule has 1 aliphatic rings. The Balaban J connectivity index is 2.06. The minimum atomic E-state index is -0.671. The number of hydrogen-bond acceptors (Lipinski definition) is 3. The fourth-order valence-electron chi connectivity index (χ4n) is 2.19. The minimum absolute atomic E-state index is 0.311. The van der Waals surface area contributed by atoms with Crippen molar-refractivity contribution >= 4 is 17.3 Å². The first-order valence-electron chi connectivity index (χ1n) is 6.23. The number of aliphatic carboxylic acids is 1. The van der Waals surface area contributed by atoms with Gasteiger partial charge in [-0.25, -0.2) is 0 Å². The molecule has 0 amide bonds. The standard InChI is InChI=1S/C13H19NO2S/c1-2-4-12(13(15)16)14(10-6-7-10)9-11-5-3-8-17-11/h3,5,8,10,12H,2,4,6-7,9H2,1H3,(H,15,16). The van der Waals surface area contributed by atoms with Crippen LogP contribution in [0.4, 0.5) is 0 Å². The SMILES string of the molecule is CCCC(C(=O)O)N(Cc1cccs1)C1CC1. The lowest BCUT2D eigenvalue weighted by molar-refractivity contribution is -0.144. The van der Waals surface area contributed by atoms with Crippen molar-refractivity contribution < 1.29 is 9.90 Å². The monoisotopic (exact) mass is 253 g/mol. The number of thiophene rings is 1. The Labute approximate surface area is 106 Å². The molecule has 0 spiro atoms. The smallest absolute Gasteiger partial charge is 0.320 e. The minimum Gasteiger partial charge on any atom is -0.480 e. The molecule has 0 aromatic carbocycles. The molecule has 94 valence electrons. The molecule has 2 rings (SSSR count). The number of rotatable bonds is 7. The van der Waals surface area contributed by atoms with Crippen LogP contribution in [0.3, 0.4) is 0 Å². The molecule has 3 nitrogen and oxygen atoms in total. The Morgan fingerprint density at radius 3 is 2.88 bits per heavy atom. The van der Waals surface area contributed by atoms with Crippen LogP contribution in [0.15, 0.2) is 17.5 Å². The molecule has 1 saturated carbocycles. The highest BCUT2D eigenvalue weighted by Crippen LogP contribution is 2.32.